The summed E-state index contributed by atoms with van der Waals surface area (Å²) in [6.45, 7) is 6.05. The fraction of sp³-hybridized carbons (Fsp3) is 0.538. The smallest absolute Gasteiger partial charge is 0.189 e. The highest BCUT2D eigenvalue weighted by Gasteiger charge is 2.19. The standard InChI is InChI=1S/C13H17ClN2O2/c14-12-5-10(7-16-3-1-15-2-4-16)13-11(6-12)8-17-9-18-13/h5-6,15H,1-4,7-9H2. The summed E-state index contributed by atoms with van der Waals surface area (Å²) in [7, 11) is 0. The summed E-state index contributed by atoms with van der Waals surface area (Å²) in [5.74, 6) is 0.962. The molecule has 1 saturated heterocycles. The first-order valence-corrected chi connectivity index (χ1v) is 6.65. The van der Waals surface area contributed by atoms with E-state index in [9.17, 15) is 0 Å². The third-order valence-electron chi connectivity index (χ3n) is 3.36. The first kappa shape index (κ1) is 12.2. The van der Waals surface area contributed by atoms with Crippen molar-refractivity contribution in [2.75, 3.05) is 33.0 Å². The lowest BCUT2D eigenvalue weighted by atomic mass is 10.1. The Labute approximate surface area is 112 Å². The second-order valence-corrected chi connectivity index (χ2v) is 5.13. The maximum atomic E-state index is 6.16. The zero-order valence-corrected chi connectivity index (χ0v) is 11.0. The van der Waals surface area contributed by atoms with Gasteiger partial charge < -0.3 is 14.8 Å². The van der Waals surface area contributed by atoms with E-state index in [0.29, 0.717) is 13.4 Å². The van der Waals surface area contributed by atoms with E-state index < -0.39 is 0 Å². The molecule has 0 aromatic heterocycles. The van der Waals surface area contributed by atoms with E-state index in [-0.39, 0.29) is 0 Å². The minimum Gasteiger partial charge on any atom is -0.467 e. The molecule has 1 N–H and O–H groups in total. The molecule has 1 aromatic rings. The number of halogens is 1. The monoisotopic (exact) mass is 268 g/mol. The van der Waals surface area contributed by atoms with Gasteiger partial charge in [0.2, 0.25) is 0 Å². The number of benzene rings is 1. The Balaban J connectivity index is 1.83. The first-order chi connectivity index (χ1) is 8.83. The van der Waals surface area contributed by atoms with E-state index >= 15 is 0 Å². The maximum absolute atomic E-state index is 6.16. The largest absolute Gasteiger partial charge is 0.467 e. The Kier molecular flexibility index (Phi) is 3.70. The Morgan fingerprint density at radius 1 is 1.28 bits per heavy atom. The van der Waals surface area contributed by atoms with Gasteiger partial charge in [-0.3, -0.25) is 4.90 Å². The highest BCUT2D eigenvalue weighted by atomic mass is 35.5. The van der Waals surface area contributed by atoms with Crippen LogP contribution >= 0.6 is 11.6 Å². The van der Waals surface area contributed by atoms with Crippen LogP contribution in [0.4, 0.5) is 0 Å². The molecule has 1 fully saturated rings. The van der Waals surface area contributed by atoms with Gasteiger partial charge >= 0.3 is 0 Å². The van der Waals surface area contributed by atoms with Crippen LogP contribution in [0, 0.1) is 0 Å². The van der Waals surface area contributed by atoms with Crippen LogP contribution < -0.4 is 10.1 Å². The average molecular weight is 269 g/mol. The minimum absolute atomic E-state index is 0.336. The molecule has 1 aromatic carbocycles. The van der Waals surface area contributed by atoms with Gasteiger partial charge in [0.15, 0.2) is 6.79 Å². The summed E-state index contributed by atoms with van der Waals surface area (Å²) in [6.07, 6.45) is 0. The van der Waals surface area contributed by atoms with Crippen LogP contribution in [0.25, 0.3) is 0 Å². The van der Waals surface area contributed by atoms with Gasteiger partial charge in [0, 0.05) is 48.9 Å². The Hall–Kier alpha value is -0.810. The molecule has 0 atom stereocenters. The number of nitrogens with one attached hydrogen (secondary N) is 1. The molecule has 0 spiro atoms. The fourth-order valence-corrected chi connectivity index (χ4v) is 2.75. The van der Waals surface area contributed by atoms with Crippen LogP contribution in [-0.2, 0) is 17.9 Å². The van der Waals surface area contributed by atoms with Crippen molar-refractivity contribution in [2.24, 2.45) is 0 Å². The van der Waals surface area contributed by atoms with Gasteiger partial charge in [-0.2, -0.15) is 0 Å². The van der Waals surface area contributed by atoms with Gasteiger partial charge in [-0.1, -0.05) is 11.6 Å². The topological polar surface area (TPSA) is 33.7 Å². The lowest BCUT2D eigenvalue weighted by Crippen LogP contribution is -2.43. The highest BCUT2D eigenvalue weighted by Crippen LogP contribution is 2.32. The van der Waals surface area contributed by atoms with Crippen molar-refractivity contribution < 1.29 is 9.47 Å². The summed E-state index contributed by atoms with van der Waals surface area (Å²) in [4.78, 5) is 2.42. The van der Waals surface area contributed by atoms with E-state index in [1.54, 1.807) is 0 Å². The molecule has 0 radical (unpaired) electrons. The molecule has 0 aliphatic carbocycles. The van der Waals surface area contributed by atoms with Crippen molar-refractivity contribution in [1.82, 2.24) is 10.2 Å². The molecule has 2 aliphatic rings. The average Bonchev–Trinajstić information content (AvgIpc) is 2.40. The van der Waals surface area contributed by atoms with E-state index in [0.717, 1.165) is 49.1 Å². The molecule has 3 rings (SSSR count). The Morgan fingerprint density at radius 3 is 2.94 bits per heavy atom. The van der Waals surface area contributed by atoms with E-state index in [1.165, 1.54) is 5.56 Å². The van der Waals surface area contributed by atoms with Gasteiger partial charge in [-0.15, -0.1) is 0 Å². The quantitative estimate of drug-likeness (QED) is 0.884. The molecule has 0 saturated carbocycles. The van der Waals surface area contributed by atoms with Crippen molar-refractivity contribution in [1.29, 1.82) is 0 Å². The molecule has 5 heteroatoms. The zero-order valence-electron chi connectivity index (χ0n) is 10.2. The molecular weight excluding hydrogens is 252 g/mol. The molecule has 0 amide bonds. The van der Waals surface area contributed by atoms with E-state index in [4.69, 9.17) is 21.1 Å². The van der Waals surface area contributed by atoms with Gasteiger partial charge in [-0.05, 0) is 12.1 Å². The van der Waals surface area contributed by atoms with Crippen molar-refractivity contribution in [3.8, 4) is 5.75 Å². The fourth-order valence-electron chi connectivity index (χ4n) is 2.48. The number of ether oxygens (including phenoxy) is 2. The van der Waals surface area contributed by atoms with E-state index in [1.807, 2.05) is 12.1 Å². The summed E-state index contributed by atoms with van der Waals surface area (Å²) in [6, 6.07) is 3.94. The van der Waals surface area contributed by atoms with Crippen LogP contribution in [0.15, 0.2) is 12.1 Å². The second-order valence-electron chi connectivity index (χ2n) is 4.69. The highest BCUT2D eigenvalue weighted by molar-refractivity contribution is 6.30. The van der Waals surface area contributed by atoms with Gasteiger partial charge in [-0.25, -0.2) is 0 Å². The van der Waals surface area contributed by atoms with Gasteiger partial charge in [0.25, 0.3) is 0 Å². The maximum Gasteiger partial charge on any atom is 0.189 e. The predicted molar refractivity (Wildman–Crippen MR) is 69.9 cm³/mol. The molecule has 2 heterocycles. The molecule has 0 bridgehead atoms. The summed E-state index contributed by atoms with van der Waals surface area (Å²) in [5, 5.41) is 4.11. The van der Waals surface area contributed by atoms with Crippen LogP contribution in [0.1, 0.15) is 11.1 Å². The number of nitrogens with zero attached hydrogens (tertiary/aromatic N) is 1. The van der Waals surface area contributed by atoms with Crippen molar-refractivity contribution in [2.45, 2.75) is 13.2 Å². The Morgan fingerprint density at radius 2 is 2.11 bits per heavy atom. The van der Waals surface area contributed by atoms with Crippen LogP contribution in [0.2, 0.25) is 5.02 Å². The van der Waals surface area contributed by atoms with Crippen molar-refractivity contribution in [3.63, 3.8) is 0 Å². The van der Waals surface area contributed by atoms with E-state index in [2.05, 4.69) is 10.2 Å². The lowest BCUT2D eigenvalue weighted by Gasteiger charge is -2.29. The van der Waals surface area contributed by atoms with Crippen LogP contribution in [-0.4, -0.2) is 37.9 Å². The summed E-state index contributed by atoms with van der Waals surface area (Å²) >= 11 is 6.16. The molecule has 2 aliphatic heterocycles. The SMILES string of the molecule is Clc1cc2c(c(CN3CCNCC3)c1)OCOC2. The number of hydrogen-bond donors (Lipinski definition) is 1. The summed E-state index contributed by atoms with van der Waals surface area (Å²) in [5.41, 5.74) is 2.22. The summed E-state index contributed by atoms with van der Waals surface area (Å²) < 4.78 is 10.9. The third-order valence-corrected chi connectivity index (χ3v) is 3.57. The normalized spacial score (nSPS) is 20.3. The lowest BCUT2D eigenvalue weighted by molar-refractivity contribution is -0.0175. The van der Waals surface area contributed by atoms with Gasteiger partial charge in [0.05, 0.1) is 6.61 Å². The molecule has 98 valence electrons. The predicted octanol–water partition coefficient (Wildman–Crippen LogP) is 1.61. The zero-order chi connectivity index (χ0) is 12.4. The van der Waals surface area contributed by atoms with Crippen molar-refractivity contribution in [3.05, 3.63) is 28.3 Å². The van der Waals surface area contributed by atoms with Crippen molar-refractivity contribution >= 4 is 11.6 Å². The number of rotatable bonds is 2. The molecule has 4 nitrogen and oxygen atoms in total. The van der Waals surface area contributed by atoms with Gasteiger partial charge in [0.1, 0.15) is 5.75 Å². The van der Waals surface area contributed by atoms with Crippen LogP contribution in [0.5, 0.6) is 5.75 Å². The number of hydrogen-bond acceptors (Lipinski definition) is 4. The molecule has 18 heavy (non-hydrogen) atoms. The number of fused-ring (bicyclic) bond motifs is 1. The van der Waals surface area contributed by atoms with Crippen LogP contribution in [0.3, 0.4) is 0 Å². The number of piperazine rings is 1. The molecular formula is C13H17ClN2O2. The molecule has 0 unspecified atom stereocenters. The first-order valence-electron chi connectivity index (χ1n) is 6.28. The minimum atomic E-state index is 0.336. The third kappa shape index (κ3) is 2.62. The second kappa shape index (κ2) is 5.45. The Bertz CT molecular complexity index is 433.